The molecule has 9 heteroatoms. The van der Waals surface area contributed by atoms with Crippen LogP contribution in [0, 0.1) is 11.8 Å². The van der Waals surface area contributed by atoms with Gasteiger partial charge in [-0.05, 0) is 41.0 Å². The van der Waals surface area contributed by atoms with E-state index in [1.54, 1.807) is 27.7 Å². The van der Waals surface area contributed by atoms with Gasteiger partial charge in [-0.25, -0.2) is 4.79 Å². The molecule has 1 aliphatic rings. The summed E-state index contributed by atoms with van der Waals surface area (Å²) in [5, 5.41) is 2.73. The average Bonchev–Trinajstić information content (AvgIpc) is 2.65. The van der Waals surface area contributed by atoms with Gasteiger partial charge >= 0.3 is 17.9 Å². The fourth-order valence-corrected chi connectivity index (χ4v) is 3.35. The van der Waals surface area contributed by atoms with Crippen molar-refractivity contribution in [3.05, 3.63) is 11.3 Å². The van der Waals surface area contributed by atoms with Gasteiger partial charge in [0.15, 0.2) is 6.61 Å². The van der Waals surface area contributed by atoms with Crippen LogP contribution < -0.4 is 5.32 Å². The molecular formula is C21H32N2O7. The third kappa shape index (κ3) is 6.67. The van der Waals surface area contributed by atoms with Crippen LogP contribution in [0.3, 0.4) is 0 Å². The summed E-state index contributed by atoms with van der Waals surface area (Å²) in [6.07, 6.45) is 1.69. The average molecular weight is 424 g/mol. The number of rotatable bonds is 10. The summed E-state index contributed by atoms with van der Waals surface area (Å²) in [5.41, 5.74) is 0.515. The van der Waals surface area contributed by atoms with E-state index >= 15 is 0 Å². The first kappa shape index (κ1) is 25.3. The second-order valence-corrected chi connectivity index (χ2v) is 7.05. The quantitative estimate of drug-likeness (QED) is 0.420. The third-order valence-corrected chi connectivity index (χ3v) is 4.59. The Hall–Kier alpha value is -2.71. The molecule has 0 spiro atoms. The van der Waals surface area contributed by atoms with E-state index in [1.807, 2.05) is 13.8 Å². The first-order valence-corrected chi connectivity index (χ1v) is 10.2. The largest absolute Gasteiger partial charge is 0.465 e. The molecule has 1 aliphatic heterocycles. The standard InChI is InChI=1S/C21H32N2O7/c1-7-10-12(4)22-15(24)11-30-21(27)18-16(19(25)28-8-2)13(5)23-14(6)17(18)20(26)29-9-3/h12,16,18H,7-11H2,1-6H3,(H,22,24)/t12-,16?,18-/m0/s1. The Morgan fingerprint density at radius 3 is 2.13 bits per heavy atom. The van der Waals surface area contributed by atoms with Crippen LogP contribution in [0.2, 0.25) is 0 Å². The molecule has 3 atom stereocenters. The van der Waals surface area contributed by atoms with Crippen molar-refractivity contribution in [3.8, 4) is 0 Å². The molecule has 1 N–H and O–H groups in total. The Balaban J connectivity index is 3.13. The predicted molar refractivity (Wildman–Crippen MR) is 110 cm³/mol. The van der Waals surface area contributed by atoms with Crippen molar-refractivity contribution < 1.29 is 33.4 Å². The van der Waals surface area contributed by atoms with E-state index in [1.165, 1.54) is 0 Å². The number of ether oxygens (including phenoxy) is 3. The molecule has 0 aromatic carbocycles. The predicted octanol–water partition coefficient (Wildman–Crippen LogP) is 1.94. The van der Waals surface area contributed by atoms with Crippen LogP contribution in [0.15, 0.2) is 16.3 Å². The Labute approximate surface area is 177 Å². The van der Waals surface area contributed by atoms with Gasteiger partial charge in [0, 0.05) is 17.5 Å². The zero-order valence-corrected chi connectivity index (χ0v) is 18.6. The molecule has 0 aliphatic carbocycles. The molecule has 30 heavy (non-hydrogen) atoms. The van der Waals surface area contributed by atoms with Crippen LogP contribution in [0.4, 0.5) is 0 Å². The lowest BCUT2D eigenvalue weighted by atomic mass is 9.79. The number of hydrogen-bond acceptors (Lipinski definition) is 8. The van der Waals surface area contributed by atoms with Gasteiger partial charge in [-0.1, -0.05) is 13.3 Å². The minimum Gasteiger partial charge on any atom is -0.465 e. The van der Waals surface area contributed by atoms with Crippen molar-refractivity contribution in [2.45, 2.75) is 60.4 Å². The molecule has 1 rings (SSSR count). The SMILES string of the molecule is CCC[C@H](C)NC(=O)COC(=O)[C@@H]1C(C(=O)OCC)=C(C)N=C(C)C1C(=O)OCC. The summed E-state index contributed by atoms with van der Waals surface area (Å²) in [7, 11) is 0. The van der Waals surface area contributed by atoms with Crippen molar-refractivity contribution in [1.82, 2.24) is 5.32 Å². The second-order valence-electron chi connectivity index (χ2n) is 7.05. The van der Waals surface area contributed by atoms with Gasteiger partial charge in [0.05, 0.1) is 18.8 Å². The molecule has 0 bridgehead atoms. The highest BCUT2D eigenvalue weighted by molar-refractivity contribution is 6.10. The molecule has 168 valence electrons. The molecule has 0 fully saturated rings. The summed E-state index contributed by atoms with van der Waals surface area (Å²) in [6.45, 7) is 9.90. The zero-order valence-electron chi connectivity index (χ0n) is 18.6. The lowest BCUT2D eigenvalue weighted by molar-refractivity contribution is -0.159. The van der Waals surface area contributed by atoms with E-state index in [9.17, 15) is 19.2 Å². The lowest BCUT2D eigenvalue weighted by Gasteiger charge is -2.29. The molecule has 0 aromatic heterocycles. The zero-order chi connectivity index (χ0) is 22.8. The highest BCUT2D eigenvalue weighted by atomic mass is 16.5. The van der Waals surface area contributed by atoms with Crippen LogP contribution in [-0.2, 0) is 33.4 Å². The smallest absolute Gasteiger partial charge is 0.336 e. The summed E-state index contributed by atoms with van der Waals surface area (Å²) in [4.78, 5) is 54.3. The van der Waals surface area contributed by atoms with Gasteiger partial charge in [-0.3, -0.25) is 19.4 Å². The normalized spacial score (nSPS) is 19.5. The van der Waals surface area contributed by atoms with E-state index in [2.05, 4.69) is 10.3 Å². The maximum Gasteiger partial charge on any atom is 0.336 e. The van der Waals surface area contributed by atoms with E-state index in [-0.39, 0.29) is 30.5 Å². The van der Waals surface area contributed by atoms with E-state index < -0.39 is 42.3 Å². The van der Waals surface area contributed by atoms with Gasteiger partial charge < -0.3 is 19.5 Å². The highest BCUT2D eigenvalue weighted by Crippen LogP contribution is 2.33. The minimum atomic E-state index is -1.30. The Kier molecular flexibility index (Phi) is 10.2. The van der Waals surface area contributed by atoms with E-state index in [0.29, 0.717) is 5.71 Å². The maximum atomic E-state index is 12.9. The van der Waals surface area contributed by atoms with Crippen LogP contribution in [0.1, 0.15) is 54.4 Å². The Morgan fingerprint density at radius 2 is 1.57 bits per heavy atom. The highest BCUT2D eigenvalue weighted by Gasteiger charge is 2.46. The van der Waals surface area contributed by atoms with Gasteiger partial charge in [-0.15, -0.1) is 0 Å². The number of carbonyl (C=O) groups excluding carboxylic acids is 4. The van der Waals surface area contributed by atoms with E-state index in [0.717, 1.165) is 12.8 Å². The van der Waals surface area contributed by atoms with Crippen LogP contribution >= 0.6 is 0 Å². The van der Waals surface area contributed by atoms with Crippen molar-refractivity contribution in [3.63, 3.8) is 0 Å². The van der Waals surface area contributed by atoms with Gasteiger partial charge in [0.25, 0.3) is 5.91 Å². The van der Waals surface area contributed by atoms with Gasteiger partial charge in [0.2, 0.25) is 0 Å². The molecule has 0 aromatic rings. The number of nitrogens with zero attached hydrogens (tertiary/aromatic N) is 1. The van der Waals surface area contributed by atoms with Crippen LogP contribution in [-0.4, -0.2) is 55.4 Å². The molecule has 1 amide bonds. The summed E-state index contributed by atoms with van der Waals surface area (Å²) >= 11 is 0. The maximum absolute atomic E-state index is 12.9. The fourth-order valence-electron chi connectivity index (χ4n) is 3.35. The molecule has 9 nitrogen and oxygen atoms in total. The number of aliphatic imine (C=N–C) groups is 1. The molecule has 0 saturated carbocycles. The van der Waals surface area contributed by atoms with Crippen molar-refractivity contribution >= 4 is 29.5 Å². The number of carbonyl (C=O) groups is 4. The lowest BCUT2D eigenvalue weighted by Crippen LogP contribution is -2.43. The number of allylic oxidation sites excluding steroid dienone is 1. The second kappa shape index (κ2) is 12.1. The van der Waals surface area contributed by atoms with Gasteiger partial charge in [0.1, 0.15) is 11.8 Å². The molecule has 0 saturated heterocycles. The fraction of sp³-hybridized carbons (Fsp3) is 0.667. The first-order chi connectivity index (χ1) is 14.2. The summed E-state index contributed by atoms with van der Waals surface area (Å²) < 4.78 is 15.3. The molecule has 1 heterocycles. The Bertz CT molecular complexity index is 727. The topological polar surface area (TPSA) is 120 Å². The number of esters is 3. The molecule has 1 unspecified atom stereocenters. The van der Waals surface area contributed by atoms with Gasteiger partial charge in [-0.2, -0.15) is 0 Å². The van der Waals surface area contributed by atoms with Crippen molar-refractivity contribution in [2.75, 3.05) is 19.8 Å². The first-order valence-electron chi connectivity index (χ1n) is 10.2. The minimum absolute atomic E-state index is 0.0604. The number of amides is 1. The van der Waals surface area contributed by atoms with Crippen LogP contribution in [0.25, 0.3) is 0 Å². The number of hydrogen-bond donors (Lipinski definition) is 1. The van der Waals surface area contributed by atoms with E-state index in [4.69, 9.17) is 14.2 Å². The summed E-state index contributed by atoms with van der Waals surface area (Å²) in [5.74, 6) is -5.25. The third-order valence-electron chi connectivity index (χ3n) is 4.59. The monoisotopic (exact) mass is 424 g/mol. The number of nitrogens with one attached hydrogen (secondary N) is 1. The summed E-state index contributed by atoms with van der Waals surface area (Å²) in [6, 6.07) is -0.0604. The van der Waals surface area contributed by atoms with Crippen molar-refractivity contribution in [2.24, 2.45) is 16.8 Å². The molecule has 0 radical (unpaired) electrons. The Morgan fingerprint density at radius 1 is 0.967 bits per heavy atom. The molecular weight excluding hydrogens is 392 g/mol. The van der Waals surface area contributed by atoms with Crippen LogP contribution in [0.5, 0.6) is 0 Å². The van der Waals surface area contributed by atoms with Crippen molar-refractivity contribution in [1.29, 1.82) is 0 Å².